The molecule has 0 saturated heterocycles. The number of carbonyl (C=O) groups excluding carboxylic acids is 1. The number of rotatable bonds is 5. The molecule has 0 radical (unpaired) electrons. The number of carboxylic acid groups (broad SMARTS) is 1. The average molecular weight is 288 g/mol. The number of aliphatic carboxylic acids is 1. The maximum atomic E-state index is 13.3. The van der Waals surface area contributed by atoms with Gasteiger partial charge in [0.1, 0.15) is 6.04 Å². The molecule has 0 heterocycles. The van der Waals surface area contributed by atoms with E-state index in [1.165, 1.54) is 6.08 Å². The van der Waals surface area contributed by atoms with E-state index in [2.05, 4.69) is 6.58 Å². The molecule has 1 unspecified atom stereocenters. The molecule has 1 aromatic rings. The van der Waals surface area contributed by atoms with Crippen molar-refractivity contribution < 1.29 is 27.9 Å². The molecule has 0 aliphatic heterocycles. The van der Waals surface area contributed by atoms with Crippen molar-refractivity contribution in [3.8, 4) is 0 Å². The molecule has 20 heavy (non-hydrogen) atoms. The summed E-state index contributed by atoms with van der Waals surface area (Å²) in [6.45, 7) is 3.32. The van der Waals surface area contributed by atoms with Crippen LogP contribution in [0.5, 0.6) is 0 Å². The molecular weight excluding hydrogens is 277 g/mol. The van der Waals surface area contributed by atoms with Crippen LogP contribution in [0.2, 0.25) is 0 Å². The molecule has 5 nitrogen and oxygen atoms in total. The summed E-state index contributed by atoms with van der Waals surface area (Å²) in [6, 6.07) is -0.881. The third-order valence-corrected chi connectivity index (χ3v) is 2.29. The Kier molecular flexibility index (Phi) is 5.13. The van der Waals surface area contributed by atoms with Gasteiger partial charge in [-0.25, -0.2) is 22.8 Å². The Bertz CT molecular complexity index is 549. The smallest absolute Gasteiger partial charge is 0.326 e. The van der Waals surface area contributed by atoms with Gasteiger partial charge in [0.05, 0.1) is 5.69 Å². The number of benzene rings is 1. The highest BCUT2D eigenvalue weighted by Crippen LogP contribution is 2.19. The van der Waals surface area contributed by atoms with E-state index in [0.717, 1.165) is 6.07 Å². The van der Waals surface area contributed by atoms with E-state index in [9.17, 15) is 22.8 Å². The lowest BCUT2D eigenvalue weighted by molar-refractivity contribution is -0.139. The van der Waals surface area contributed by atoms with Gasteiger partial charge in [-0.2, -0.15) is 0 Å². The van der Waals surface area contributed by atoms with Crippen LogP contribution in [0.25, 0.3) is 0 Å². The van der Waals surface area contributed by atoms with Gasteiger partial charge in [-0.3, -0.25) is 0 Å². The molecule has 1 aromatic carbocycles. The Labute approximate surface area is 112 Å². The van der Waals surface area contributed by atoms with Crippen molar-refractivity contribution in [1.29, 1.82) is 0 Å². The summed E-state index contributed by atoms with van der Waals surface area (Å²) in [5.74, 6) is -6.02. The Morgan fingerprint density at radius 2 is 1.95 bits per heavy atom. The van der Waals surface area contributed by atoms with Crippen LogP contribution in [-0.4, -0.2) is 23.1 Å². The van der Waals surface area contributed by atoms with Crippen molar-refractivity contribution in [3.05, 3.63) is 42.2 Å². The summed E-state index contributed by atoms with van der Waals surface area (Å²) in [6.07, 6.45) is 1.22. The molecule has 0 aromatic heterocycles. The Balaban J connectivity index is 2.78. The zero-order valence-electron chi connectivity index (χ0n) is 10.1. The van der Waals surface area contributed by atoms with Crippen LogP contribution in [0.3, 0.4) is 0 Å². The number of hydrogen-bond donors (Lipinski definition) is 3. The standard InChI is InChI=1S/C12H11F3N2O3/c1-2-3-8(11(18)19)17-12(20)16-7-5-4-6(13)9(14)10(7)15/h2,4-5,8H,1,3H2,(H,18,19)(H2,16,17,20). The van der Waals surface area contributed by atoms with Gasteiger partial charge in [-0.1, -0.05) is 6.08 Å². The highest BCUT2D eigenvalue weighted by Gasteiger charge is 2.20. The topological polar surface area (TPSA) is 78.4 Å². The monoisotopic (exact) mass is 288 g/mol. The first-order valence-electron chi connectivity index (χ1n) is 5.41. The van der Waals surface area contributed by atoms with E-state index >= 15 is 0 Å². The molecule has 108 valence electrons. The molecule has 0 aliphatic carbocycles. The lowest BCUT2D eigenvalue weighted by Gasteiger charge is -2.14. The summed E-state index contributed by atoms with van der Waals surface area (Å²) in [7, 11) is 0. The van der Waals surface area contributed by atoms with Crippen molar-refractivity contribution in [2.75, 3.05) is 5.32 Å². The van der Waals surface area contributed by atoms with Gasteiger partial charge in [0.25, 0.3) is 0 Å². The molecule has 0 bridgehead atoms. The van der Waals surface area contributed by atoms with Crippen LogP contribution in [-0.2, 0) is 4.79 Å². The van der Waals surface area contributed by atoms with Crippen molar-refractivity contribution in [2.45, 2.75) is 12.5 Å². The maximum absolute atomic E-state index is 13.3. The van der Waals surface area contributed by atoms with Crippen molar-refractivity contribution in [3.63, 3.8) is 0 Å². The van der Waals surface area contributed by atoms with Gasteiger partial charge in [0, 0.05) is 0 Å². The highest BCUT2D eigenvalue weighted by molar-refractivity contribution is 5.92. The van der Waals surface area contributed by atoms with Gasteiger partial charge >= 0.3 is 12.0 Å². The number of carboxylic acids is 1. The van der Waals surface area contributed by atoms with Crippen LogP contribution in [0.15, 0.2) is 24.8 Å². The van der Waals surface area contributed by atoms with Crippen LogP contribution in [0.1, 0.15) is 6.42 Å². The lowest BCUT2D eigenvalue weighted by atomic mass is 10.2. The summed E-state index contributed by atoms with van der Waals surface area (Å²) in [4.78, 5) is 22.2. The van der Waals surface area contributed by atoms with E-state index in [1.54, 1.807) is 0 Å². The van der Waals surface area contributed by atoms with E-state index in [1.807, 2.05) is 10.6 Å². The fourth-order valence-corrected chi connectivity index (χ4v) is 1.33. The van der Waals surface area contributed by atoms with Crippen molar-refractivity contribution in [1.82, 2.24) is 5.32 Å². The quantitative estimate of drug-likeness (QED) is 0.574. The molecule has 0 fully saturated rings. The normalized spacial score (nSPS) is 11.6. The van der Waals surface area contributed by atoms with Crippen LogP contribution in [0, 0.1) is 17.5 Å². The van der Waals surface area contributed by atoms with Crippen LogP contribution < -0.4 is 10.6 Å². The molecular formula is C12H11F3N2O3. The first kappa shape index (κ1) is 15.5. The number of nitrogens with one attached hydrogen (secondary N) is 2. The van der Waals surface area contributed by atoms with Gasteiger partial charge in [-0.05, 0) is 18.6 Å². The fraction of sp³-hybridized carbons (Fsp3) is 0.167. The SMILES string of the molecule is C=CCC(NC(=O)Nc1ccc(F)c(F)c1F)C(=O)O. The van der Waals surface area contributed by atoms with E-state index in [-0.39, 0.29) is 6.42 Å². The van der Waals surface area contributed by atoms with E-state index in [4.69, 9.17) is 5.11 Å². The van der Waals surface area contributed by atoms with Crippen LogP contribution in [0.4, 0.5) is 23.7 Å². The van der Waals surface area contributed by atoms with Crippen LogP contribution >= 0.6 is 0 Å². The minimum Gasteiger partial charge on any atom is -0.480 e. The molecule has 0 aliphatic rings. The minimum absolute atomic E-state index is 0.0526. The number of amides is 2. The van der Waals surface area contributed by atoms with E-state index < -0.39 is 41.2 Å². The number of carbonyl (C=O) groups is 2. The predicted molar refractivity (Wildman–Crippen MR) is 64.7 cm³/mol. The molecule has 8 heteroatoms. The summed E-state index contributed by atoms with van der Waals surface area (Å²) in [5.41, 5.74) is -0.607. The Hall–Kier alpha value is -2.51. The summed E-state index contributed by atoms with van der Waals surface area (Å²) in [5, 5.41) is 12.7. The molecule has 1 rings (SSSR count). The molecule has 0 spiro atoms. The molecule has 2 amide bonds. The van der Waals surface area contributed by atoms with Gasteiger partial charge in [-0.15, -0.1) is 6.58 Å². The average Bonchev–Trinajstić information content (AvgIpc) is 2.39. The second-order valence-electron chi connectivity index (χ2n) is 3.74. The van der Waals surface area contributed by atoms with Gasteiger partial charge in [0.2, 0.25) is 0 Å². The zero-order valence-corrected chi connectivity index (χ0v) is 10.1. The predicted octanol–water partition coefficient (Wildman–Crippen LogP) is 2.25. The highest BCUT2D eigenvalue weighted by atomic mass is 19.2. The minimum atomic E-state index is -1.73. The number of hydrogen-bond acceptors (Lipinski definition) is 2. The largest absolute Gasteiger partial charge is 0.480 e. The van der Waals surface area contributed by atoms with Gasteiger partial charge < -0.3 is 15.7 Å². The second-order valence-corrected chi connectivity index (χ2v) is 3.74. The van der Waals surface area contributed by atoms with Gasteiger partial charge in [0.15, 0.2) is 17.5 Å². The Morgan fingerprint density at radius 1 is 1.30 bits per heavy atom. The lowest BCUT2D eigenvalue weighted by Crippen LogP contribution is -2.42. The number of halogens is 3. The molecule has 1 atom stereocenters. The first-order valence-corrected chi connectivity index (χ1v) is 5.41. The third kappa shape index (κ3) is 3.74. The van der Waals surface area contributed by atoms with E-state index in [0.29, 0.717) is 6.07 Å². The Morgan fingerprint density at radius 3 is 2.50 bits per heavy atom. The summed E-state index contributed by atoms with van der Waals surface area (Å²) < 4.78 is 38.9. The zero-order chi connectivity index (χ0) is 15.3. The second kappa shape index (κ2) is 6.60. The summed E-state index contributed by atoms with van der Waals surface area (Å²) >= 11 is 0. The molecule has 0 saturated carbocycles. The van der Waals surface area contributed by atoms with Crippen molar-refractivity contribution in [2.24, 2.45) is 0 Å². The first-order chi connectivity index (χ1) is 9.36. The maximum Gasteiger partial charge on any atom is 0.326 e. The fourth-order valence-electron chi connectivity index (χ4n) is 1.33. The van der Waals surface area contributed by atoms with Crippen molar-refractivity contribution >= 4 is 17.7 Å². The third-order valence-electron chi connectivity index (χ3n) is 2.29. The number of urea groups is 1. The molecule has 3 N–H and O–H groups in total. The number of anilines is 1.